The molecule has 2 aromatic rings. The van der Waals surface area contributed by atoms with Gasteiger partial charge in [-0.3, -0.25) is 4.79 Å². The van der Waals surface area contributed by atoms with E-state index >= 15 is 0 Å². The Morgan fingerprint density at radius 1 is 1.20 bits per heavy atom. The third-order valence-electron chi connectivity index (χ3n) is 3.31. The Morgan fingerprint density at radius 3 is 2.72 bits per heavy atom. The molecule has 0 aliphatic carbocycles. The summed E-state index contributed by atoms with van der Waals surface area (Å²) in [5.41, 5.74) is 2.03. The zero-order chi connectivity index (χ0) is 17.9. The Morgan fingerprint density at radius 2 is 1.96 bits per heavy atom. The summed E-state index contributed by atoms with van der Waals surface area (Å²) >= 11 is 1.70. The second-order valence-electron chi connectivity index (χ2n) is 5.26. The van der Waals surface area contributed by atoms with E-state index in [1.165, 1.54) is 16.7 Å². The van der Waals surface area contributed by atoms with Gasteiger partial charge in [0.15, 0.2) is 6.61 Å². The minimum absolute atomic E-state index is 0.110. The maximum absolute atomic E-state index is 11.7. The van der Waals surface area contributed by atoms with Crippen LogP contribution in [0.1, 0.15) is 11.1 Å². The molecule has 2 rings (SSSR count). The van der Waals surface area contributed by atoms with Crippen LogP contribution in [0.25, 0.3) is 0 Å². The average molecular weight is 358 g/mol. The second kappa shape index (κ2) is 10.4. The van der Waals surface area contributed by atoms with Crippen LogP contribution in [-0.4, -0.2) is 38.1 Å². The molecule has 0 saturated heterocycles. The number of rotatable bonds is 9. The van der Waals surface area contributed by atoms with Crippen LogP contribution in [0.4, 0.5) is 0 Å². The lowest BCUT2D eigenvalue weighted by Gasteiger charge is -2.05. The number of nitrogens with zero attached hydrogens (tertiary/aromatic N) is 1. The summed E-state index contributed by atoms with van der Waals surface area (Å²) in [4.78, 5) is 17.9. The van der Waals surface area contributed by atoms with Gasteiger partial charge in [0.05, 0.1) is 13.3 Å². The maximum Gasteiger partial charge on any atom is 0.260 e. The number of benzene rings is 2. The summed E-state index contributed by atoms with van der Waals surface area (Å²) in [5, 5.41) is 6.61. The van der Waals surface area contributed by atoms with E-state index in [-0.39, 0.29) is 12.5 Å². The molecule has 0 bridgehead atoms. The number of carbonyl (C=O) groups is 1. The quantitative estimate of drug-likeness (QED) is 0.323. The van der Waals surface area contributed by atoms with Gasteiger partial charge >= 0.3 is 0 Å². The van der Waals surface area contributed by atoms with Crippen molar-refractivity contribution in [3.63, 3.8) is 0 Å². The fraction of sp³-hybridized carbons (Fsp3) is 0.263. The number of hydrogen-bond acceptors (Lipinski definition) is 5. The molecule has 0 heterocycles. The van der Waals surface area contributed by atoms with E-state index in [0.717, 1.165) is 11.3 Å². The van der Waals surface area contributed by atoms with Crippen LogP contribution in [0.3, 0.4) is 0 Å². The van der Waals surface area contributed by atoms with Gasteiger partial charge in [0, 0.05) is 22.8 Å². The predicted molar refractivity (Wildman–Crippen MR) is 101 cm³/mol. The summed E-state index contributed by atoms with van der Waals surface area (Å²) in [6.07, 6.45) is 1.53. The van der Waals surface area contributed by atoms with Gasteiger partial charge < -0.3 is 14.9 Å². The van der Waals surface area contributed by atoms with Crippen molar-refractivity contribution in [1.29, 1.82) is 0 Å². The summed E-state index contributed by atoms with van der Waals surface area (Å²) in [6, 6.07) is 15.8. The summed E-state index contributed by atoms with van der Waals surface area (Å²) < 4.78 is 5.20. The van der Waals surface area contributed by atoms with Crippen molar-refractivity contribution in [3.8, 4) is 5.75 Å². The van der Waals surface area contributed by atoms with E-state index in [4.69, 9.17) is 9.57 Å². The number of para-hydroxylation sites is 1. The average Bonchev–Trinajstić information content (AvgIpc) is 2.64. The van der Waals surface area contributed by atoms with Crippen LogP contribution in [0.2, 0.25) is 0 Å². The molecule has 0 aliphatic rings. The van der Waals surface area contributed by atoms with Crippen LogP contribution in [0.15, 0.2) is 58.6 Å². The molecule has 0 saturated carbocycles. The van der Waals surface area contributed by atoms with E-state index in [9.17, 15) is 4.79 Å². The number of oxime groups is 1. The first kappa shape index (κ1) is 18.9. The highest BCUT2D eigenvalue weighted by atomic mass is 32.2. The fourth-order valence-corrected chi connectivity index (χ4v) is 2.78. The van der Waals surface area contributed by atoms with E-state index in [1.54, 1.807) is 18.9 Å². The minimum atomic E-state index is -0.193. The molecule has 6 heteroatoms. The molecule has 0 unspecified atom stereocenters. The first-order valence-electron chi connectivity index (χ1n) is 7.93. The lowest BCUT2D eigenvalue weighted by atomic mass is 10.2. The molecule has 2 aromatic carbocycles. The lowest BCUT2D eigenvalue weighted by Crippen LogP contribution is -2.28. The molecule has 0 atom stereocenters. The van der Waals surface area contributed by atoms with Crippen molar-refractivity contribution in [2.45, 2.75) is 11.8 Å². The number of ether oxygens (including phenoxy) is 1. The van der Waals surface area contributed by atoms with Crippen molar-refractivity contribution in [1.82, 2.24) is 5.32 Å². The molecule has 0 aliphatic heterocycles. The molecule has 5 nitrogen and oxygen atoms in total. The Balaban J connectivity index is 1.62. The highest BCUT2D eigenvalue weighted by Gasteiger charge is 2.02. The van der Waals surface area contributed by atoms with Crippen LogP contribution >= 0.6 is 11.8 Å². The van der Waals surface area contributed by atoms with Crippen molar-refractivity contribution < 1.29 is 14.4 Å². The predicted octanol–water partition coefficient (Wildman–Crippen LogP) is 3.26. The highest BCUT2D eigenvalue weighted by molar-refractivity contribution is 7.99. The van der Waals surface area contributed by atoms with Gasteiger partial charge in [0.2, 0.25) is 0 Å². The normalized spacial score (nSPS) is 10.6. The Labute approximate surface area is 152 Å². The number of methoxy groups -OCH3 is 1. The van der Waals surface area contributed by atoms with Gasteiger partial charge in [-0.2, -0.15) is 0 Å². The van der Waals surface area contributed by atoms with E-state index < -0.39 is 0 Å². The fourth-order valence-electron chi connectivity index (χ4n) is 2.01. The van der Waals surface area contributed by atoms with Gasteiger partial charge in [0.1, 0.15) is 5.75 Å². The number of amides is 1. The highest BCUT2D eigenvalue weighted by Crippen LogP contribution is 2.17. The molecule has 1 amide bonds. The first-order chi connectivity index (χ1) is 12.2. The molecule has 132 valence electrons. The summed E-state index contributed by atoms with van der Waals surface area (Å²) in [7, 11) is 1.59. The van der Waals surface area contributed by atoms with E-state index in [2.05, 4.69) is 41.7 Å². The van der Waals surface area contributed by atoms with Gasteiger partial charge in [-0.05, 0) is 31.2 Å². The van der Waals surface area contributed by atoms with E-state index in [0.29, 0.717) is 12.3 Å². The van der Waals surface area contributed by atoms with Crippen LogP contribution in [0.5, 0.6) is 5.75 Å². The van der Waals surface area contributed by atoms with E-state index in [1.807, 2.05) is 24.3 Å². The largest absolute Gasteiger partial charge is 0.496 e. The molecule has 0 radical (unpaired) electrons. The number of carbonyl (C=O) groups excluding carboxylic acids is 1. The topological polar surface area (TPSA) is 59.9 Å². The monoisotopic (exact) mass is 358 g/mol. The Hall–Kier alpha value is -2.47. The van der Waals surface area contributed by atoms with Crippen molar-refractivity contribution in [2.24, 2.45) is 5.16 Å². The van der Waals surface area contributed by atoms with Crippen LogP contribution < -0.4 is 10.1 Å². The molecule has 0 fully saturated rings. The molecule has 25 heavy (non-hydrogen) atoms. The minimum Gasteiger partial charge on any atom is -0.496 e. The summed E-state index contributed by atoms with van der Waals surface area (Å²) in [6.45, 7) is 2.53. The Kier molecular flexibility index (Phi) is 7.85. The molecule has 0 spiro atoms. The molecule has 0 aromatic heterocycles. The Bertz CT molecular complexity index is 702. The van der Waals surface area contributed by atoms with Gasteiger partial charge in [-0.15, -0.1) is 11.8 Å². The maximum atomic E-state index is 11.7. The SMILES string of the molecule is COc1ccccc1/C=N\OCC(=O)NCCSc1ccc(C)cc1. The summed E-state index contributed by atoms with van der Waals surface area (Å²) in [5.74, 6) is 1.31. The van der Waals surface area contributed by atoms with Crippen LogP contribution in [0, 0.1) is 6.92 Å². The second-order valence-corrected chi connectivity index (χ2v) is 6.43. The first-order valence-corrected chi connectivity index (χ1v) is 8.92. The number of hydrogen-bond donors (Lipinski definition) is 1. The smallest absolute Gasteiger partial charge is 0.260 e. The van der Waals surface area contributed by atoms with Gasteiger partial charge in [0.25, 0.3) is 5.91 Å². The number of nitrogens with one attached hydrogen (secondary N) is 1. The molecular formula is C19H22N2O3S. The number of aryl methyl sites for hydroxylation is 1. The number of thioether (sulfide) groups is 1. The third-order valence-corrected chi connectivity index (χ3v) is 4.33. The standard InChI is InChI=1S/C19H22N2O3S/c1-15-7-9-17(10-8-15)25-12-11-20-19(22)14-24-21-13-16-5-3-4-6-18(16)23-2/h3-10,13H,11-12,14H2,1-2H3,(H,20,22)/b21-13-. The molecule has 1 N–H and O–H groups in total. The molecular weight excluding hydrogens is 336 g/mol. The zero-order valence-electron chi connectivity index (χ0n) is 14.4. The van der Waals surface area contributed by atoms with Crippen molar-refractivity contribution >= 4 is 23.9 Å². The van der Waals surface area contributed by atoms with Gasteiger partial charge in [-0.25, -0.2) is 0 Å². The van der Waals surface area contributed by atoms with Crippen molar-refractivity contribution in [2.75, 3.05) is 26.0 Å². The van der Waals surface area contributed by atoms with Gasteiger partial charge in [-0.1, -0.05) is 35.0 Å². The third kappa shape index (κ3) is 6.89. The lowest BCUT2D eigenvalue weighted by molar-refractivity contribution is -0.125. The van der Waals surface area contributed by atoms with Crippen LogP contribution in [-0.2, 0) is 9.63 Å². The zero-order valence-corrected chi connectivity index (χ0v) is 15.2. The van der Waals surface area contributed by atoms with Crippen molar-refractivity contribution in [3.05, 3.63) is 59.7 Å².